The van der Waals surface area contributed by atoms with Gasteiger partial charge in [0.2, 0.25) is 0 Å². The van der Waals surface area contributed by atoms with Crippen molar-refractivity contribution in [2.45, 2.75) is 33.4 Å². The summed E-state index contributed by atoms with van der Waals surface area (Å²) in [4.78, 5) is 4.57. The van der Waals surface area contributed by atoms with Gasteiger partial charge in [0.1, 0.15) is 0 Å². The summed E-state index contributed by atoms with van der Waals surface area (Å²) >= 11 is 0. The van der Waals surface area contributed by atoms with E-state index in [2.05, 4.69) is 60.7 Å². The third-order valence-corrected chi connectivity index (χ3v) is 3.27. The molecule has 0 amide bonds. The molecule has 102 valence electrons. The molecule has 0 aliphatic heterocycles. The van der Waals surface area contributed by atoms with Gasteiger partial charge in [0.05, 0.1) is 5.52 Å². The molecule has 0 aliphatic rings. The molecule has 0 spiro atoms. The number of rotatable bonds is 6. The van der Waals surface area contributed by atoms with Gasteiger partial charge in [0.15, 0.2) is 0 Å². The van der Waals surface area contributed by atoms with Crippen LogP contribution in [0.2, 0.25) is 0 Å². The first kappa shape index (κ1) is 14.0. The second-order valence-electron chi connectivity index (χ2n) is 5.03. The topological polar surface area (TPSA) is 37.0 Å². The highest BCUT2D eigenvalue weighted by Gasteiger charge is 2.05. The first-order valence-corrected chi connectivity index (χ1v) is 7.00. The maximum Gasteiger partial charge on any atom is 0.0708 e. The molecule has 2 rings (SSSR count). The fourth-order valence-corrected chi connectivity index (χ4v) is 2.26. The molecule has 1 atom stereocenters. The Balaban J connectivity index is 2.11. The molecular formula is C16H23N3. The molecule has 1 aromatic carbocycles. The van der Waals surface area contributed by atoms with Crippen LogP contribution in [0.4, 0.5) is 0 Å². The highest BCUT2D eigenvalue weighted by Crippen LogP contribution is 2.18. The van der Waals surface area contributed by atoms with Crippen molar-refractivity contribution in [2.75, 3.05) is 13.1 Å². The number of likely N-dealkylation sites (N-methyl/N-ethyl adjacent to an activating group) is 1. The van der Waals surface area contributed by atoms with Crippen LogP contribution in [0, 0.1) is 6.92 Å². The number of benzene rings is 1. The van der Waals surface area contributed by atoms with Gasteiger partial charge in [0, 0.05) is 30.2 Å². The lowest BCUT2D eigenvalue weighted by molar-refractivity contribution is 0.510. The number of hydrogen-bond donors (Lipinski definition) is 2. The van der Waals surface area contributed by atoms with E-state index in [0.717, 1.165) is 30.8 Å². The Labute approximate surface area is 115 Å². The van der Waals surface area contributed by atoms with E-state index < -0.39 is 0 Å². The van der Waals surface area contributed by atoms with Gasteiger partial charge in [-0.05, 0) is 38.1 Å². The van der Waals surface area contributed by atoms with E-state index in [4.69, 9.17) is 0 Å². The number of aromatic nitrogens is 1. The van der Waals surface area contributed by atoms with Crippen molar-refractivity contribution in [3.05, 3.63) is 41.6 Å². The predicted molar refractivity (Wildman–Crippen MR) is 81.3 cm³/mol. The molecule has 1 heterocycles. The molecule has 0 radical (unpaired) electrons. The minimum absolute atomic E-state index is 0.465. The summed E-state index contributed by atoms with van der Waals surface area (Å²) in [5.74, 6) is 0. The number of hydrogen-bond acceptors (Lipinski definition) is 3. The summed E-state index contributed by atoms with van der Waals surface area (Å²) in [5.41, 5.74) is 3.49. The first-order valence-electron chi connectivity index (χ1n) is 7.00. The van der Waals surface area contributed by atoms with Gasteiger partial charge in [-0.1, -0.05) is 25.1 Å². The number of pyridine rings is 1. The van der Waals surface area contributed by atoms with Gasteiger partial charge < -0.3 is 10.6 Å². The lowest BCUT2D eigenvalue weighted by atomic mass is 10.1. The lowest BCUT2D eigenvalue weighted by Crippen LogP contribution is -2.35. The van der Waals surface area contributed by atoms with Crippen LogP contribution in [0.15, 0.2) is 30.3 Å². The molecule has 0 aliphatic carbocycles. The second kappa shape index (κ2) is 6.64. The van der Waals surface area contributed by atoms with Gasteiger partial charge in [0.25, 0.3) is 0 Å². The second-order valence-corrected chi connectivity index (χ2v) is 5.03. The molecule has 3 heteroatoms. The van der Waals surface area contributed by atoms with E-state index in [-0.39, 0.29) is 0 Å². The minimum atomic E-state index is 0.465. The Kier molecular flexibility index (Phi) is 4.88. The zero-order chi connectivity index (χ0) is 13.7. The quantitative estimate of drug-likeness (QED) is 0.835. The Morgan fingerprint density at radius 3 is 2.84 bits per heavy atom. The summed E-state index contributed by atoms with van der Waals surface area (Å²) in [6.45, 7) is 9.29. The Morgan fingerprint density at radius 2 is 2.05 bits per heavy atom. The third-order valence-electron chi connectivity index (χ3n) is 3.27. The summed E-state index contributed by atoms with van der Waals surface area (Å²) in [6.07, 6.45) is 0. The number of para-hydroxylation sites is 1. The van der Waals surface area contributed by atoms with Crippen LogP contribution in [0.1, 0.15) is 25.1 Å². The Hall–Kier alpha value is -1.45. The molecule has 2 aromatic rings. The molecule has 0 fully saturated rings. The summed E-state index contributed by atoms with van der Waals surface area (Å²) in [6, 6.07) is 11.0. The lowest BCUT2D eigenvalue weighted by Gasteiger charge is -2.15. The number of nitrogens with one attached hydrogen (secondary N) is 2. The smallest absolute Gasteiger partial charge is 0.0708 e. The summed E-state index contributed by atoms with van der Waals surface area (Å²) in [7, 11) is 0. The van der Waals surface area contributed by atoms with Gasteiger partial charge >= 0.3 is 0 Å². The van der Waals surface area contributed by atoms with E-state index >= 15 is 0 Å². The molecule has 19 heavy (non-hydrogen) atoms. The highest BCUT2D eigenvalue weighted by atomic mass is 15.0. The van der Waals surface area contributed by atoms with Crippen LogP contribution in [-0.4, -0.2) is 24.1 Å². The largest absolute Gasteiger partial charge is 0.315 e. The molecule has 2 N–H and O–H groups in total. The Bertz CT molecular complexity index is 537. The average Bonchev–Trinajstić information content (AvgIpc) is 2.42. The number of fused-ring (bicyclic) bond motifs is 1. The van der Waals surface area contributed by atoms with Gasteiger partial charge in [-0.3, -0.25) is 4.98 Å². The van der Waals surface area contributed by atoms with Gasteiger partial charge in [-0.15, -0.1) is 0 Å². The van der Waals surface area contributed by atoms with Crippen molar-refractivity contribution in [2.24, 2.45) is 0 Å². The van der Waals surface area contributed by atoms with Crippen LogP contribution < -0.4 is 10.6 Å². The SMILES string of the molecule is CCNCC(C)NCc1cc(C)nc2ccccc12. The maximum atomic E-state index is 4.57. The van der Waals surface area contributed by atoms with Crippen molar-refractivity contribution >= 4 is 10.9 Å². The normalized spacial score (nSPS) is 12.8. The Morgan fingerprint density at radius 1 is 1.26 bits per heavy atom. The van der Waals surface area contributed by atoms with Gasteiger partial charge in [-0.25, -0.2) is 0 Å². The number of aryl methyl sites for hydroxylation is 1. The van der Waals surface area contributed by atoms with E-state index in [0.29, 0.717) is 6.04 Å². The number of nitrogens with zero attached hydrogens (tertiary/aromatic N) is 1. The monoisotopic (exact) mass is 257 g/mol. The van der Waals surface area contributed by atoms with Crippen LogP contribution in [0.25, 0.3) is 10.9 Å². The molecule has 1 unspecified atom stereocenters. The van der Waals surface area contributed by atoms with Crippen molar-refractivity contribution < 1.29 is 0 Å². The predicted octanol–water partition coefficient (Wildman–Crippen LogP) is 2.63. The standard InChI is InChI=1S/C16H23N3/c1-4-17-10-13(3)18-11-14-9-12(2)19-16-8-6-5-7-15(14)16/h5-9,13,17-18H,4,10-11H2,1-3H3. The summed E-state index contributed by atoms with van der Waals surface area (Å²) < 4.78 is 0. The zero-order valence-corrected chi connectivity index (χ0v) is 12.0. The summed E-state index contributed by atoms with van der Waals surface area (Å²) in [5, 5.41) is 8.17. The van der Waals surface area contributed by atoms with E-state index in [9.17, 15) is 0 Å². The van der Waals surface area contributed by atoms with Crippen LogP contribution in [0.3, 0.4) is 0 Å². The molecular weight excluding hydrogens is 234 g/mol. The molecule has 0 saturated carbocycles. The maximum absolute atomic E-state index is 4.57. The van der Waals surface area contributed by atoms with Crippen molar-refractivity contribution in [3.63, 3.8) is 0 Å². The van der Waals surface area contributed by atoms with Crippen LogP contribution >= 0.6 is 0 Å². The average molecular weight is 257 g/mol. The van der Waals surface area contributed by atoms with E-state index in [1.807, 2.05) is 6.07 Å². The van der Waals surface area contributed by atoms with Crippen molar-refractivity contribution in [3.8, 4) is 0 Å². The minimum Gasteiger partial charge on any atom is -0.315 e. The van der Waals surface area contributed by atoms with E-state index in [1.54, 1.807) is 0 Å². The fourth-order valence-electron chi connectivity index (χ4n) is 2.26. The third kappa shape index (κ3) is 3.75. The molecule has 1 aromatic heterocycles. The van der Waals surface area contributed by atoms with Gasteiger partial charge in [-0.2, -0.15) is 0 Å². The first-order chi connectivity index (χ1) is 9.20. The zero-order valence-electron chi connectivity index (χ0n) is 12.0. The van der Waals surface area contributed by atoms with E-state index in [1.165, 1.54) is 10.9 Å². The van der Waals surface area contributed by atoms with Crippen LogP contribution in [0.5, 0.6) is 0 Å². The highest BCUT2D eigenvalue weighted by molar-refractivity contribution is 5.82. The molecule has 3 nitrogen and oxygen atoms in total. The van der Waals surface area contributed by atoms with Crippen molar-refractivity contribution in [1.29, 1.82) is 0 Å². The molecule has 0 saturated heterocycles. The van der Waals surface area contributed by atoms with Crippen molar-refractivity contribution in [1.82, 2.24) is 15.6 Å². The fraction of sp³-hybridized carbons (Fsp3) is 0.438. The van der Waals surface area contributed by atoms with Crippen LogP contribution in [-0.2, 0) is 6.54 Å². The molecule has 0 bridgehead atoms.